The number of para-hydroxylation sites is 1. The molecule has 0 aliphatic rings. The maximum absolute atomic E-state index is 12.6. The van der Waals surface area contributed by atoms with Crippen LogP contribution in [0, 0.1) is 0 Å². The molecule has 4 rings (SSSR count). The Kier molecular flexibility index (Phi) is 4.70. The zero-order chi connectivity index (χ0) is 20.4. The molecule has 0 spiro atoms. The second-order valence-corrected chi connectivity index (χ2v) is 6.55. The number of hydrogen-bond acceptors (Lipinski definition) is 3. The van der Waals surface area contributed by atoms with Gasteiger partial charge in [-0.25, -0.2) is 4.79 Å². The third-order valence-electron chi connectivity index (χ3n) is 4.65. The number of aryl methyl sites for hydroxylation is 1. The molecule has 0 atom stereocenters. The van der Waals surface area contributed by atoms with Gasteiger partial charge in [0.25, 0.3) is 5.91 Å². The number of carboxylic acid groups (broad SMARTS) is 1. The standard InChI is InChI=1S/C22H18N4O3/c1-26-12-4-7-20(26)21(27)23-19-13-15(22(28)29)9-8-14(19)10-11-18-16-5-2-3-6-17(16)24-25-18/h2-13H,1H3,(H,23,27)(H,24,25)(H,28,29)/b11-10+. The van der Waals surface area contributed by atoms with Gasteiger partial charge < -0.3 is 15.0 Å². The summed E-state index contributed by atoms with van der Waals surface area (Å²) < 4.78 is 1.70. The van der Waals surface area contributed by atoms with Crippen molar-refractivity contribution in [2.75, 3.05) is 5.32 Å². The molecule has 0 saturated carbocycles. The number of benzene rings is 2. The molecule has 0 fully saturated rings. The Labute approximate surface area is 166 Å². The van der Waals surface area contributed by atoms with Crippen LogP contribution in [0.1, 0.15) is 32.1 Å². The molecular formula is C22H18N4O3. The van der Waals surface area contributed by atoms with Crippen LogP contribution in [0.2, 0.25) is 0 Å². The SMILES string of the molecule is Cn1cccc1C(=O)Nc1cc(C(=O)O)ccc1/C=C/c1n[nH]c2ccccc12. The Bertz CT molecular complexity index is 1250. The molecule has 0 aliphatic carbocycles. The lowest BCUT2D eigenvalue weighted by molar-refractivity contribution is 0.0696. The van der Waals surface area contributed by atoms with E-state index < -0.39 is 5.97 Å². The van der Waals surface area contributed by atoms with E-state index in [4.69, 9.17) is 0 Å². The van der Waals surface area contributed by atoms with Crippen molar-refractivity contribution in [3.8, 4) is 0 Å². The van der Waals surface area contributed by atoms with Gasteiger partial charge in [-0.2, -0.15) is 5.10 Å². The molecule has 2 aromatic carbocycles. The first kappa shape index (κ1) is 18.2. The minimum Gasteiger partial charge on any atom is -0.478 e. The summed E-state index contributed by atoms with van der Waals surface area (Å²) in [6.07, 6.45) is 5.40. The van der Waals surface area contributed by atoms with Gasteiger partial charge in [-0.1, -0.05) is 30.3 Å². The van der Waals surface area contributed by atoms with Crippen LogP contribution in [-0.2, 0) is 7.05 Å². The summed E-state index contributed by atoms with van der Waals surface area (Å²) in [6, 6.07) is 15.8. The van der Waals surface area contributed by atoms with Crippen molar-refractivity contribution in [3.05, 3.63) is 83.3 Å². The molecule has 2 heterocycles. The molecule has 0 aliphatic heterocycles. The highest BCUT2D eigenvalue weighted by atomic mass is 16.4. The van der Waals surface area contributed by atoms with Crippen LogP contribution in [0.3, 0.4) is 0 Å². The number of anilines is 1. The molecule has 144 valence electrons. The van der Waals surface area contributed by atoms with Gasteiger partial charge in [0.2, 0.25) is 0 Å². The lowest BCUT2D eigenvalue weighted by Gasteiger charge is -2.10. The third-order valence-corrected chi connectivity index (χ3v) is 4.65. The van der Waals surface area contributed by atoms with Crippen molar-refractivity contribution in [2.24, 2.45) is 7.05 Å². The second-order valence-electron chi connectivity index (χ2n) is 6.55. The molecule has 0 radical (unpaired) electrons. The van der Waals surface area contributed by atoms with E-state index in [1.165, 1.54) is 12.1 Å². The number of fused-ring (bicyclic) bond motifs is 1. The van der Waals surface area contributed by atoms with Gasteiger partial charge >= 0.3 is 5.97 Å². The van der Waals surface area contributed by atoms with Crippen LogP contribution in [0.15, 0.2) is 60.8 Å². The van der Waals surface area contributed by atoms with Crippen molar-refractivity contribution < 1.29 is 14.7 Å². The number of carboxylic acids is 1. The highest BCUT2D eigenvalue weighted by molar-refractivity contribution is 6.05. The smallest absolute Gasteiger partial charge is 0.335 e. The number of H-pyrrole nitrogens is 1. The fraction of sp³-hybridized carbons (Fsp3) is 0.0455. The summed E-state index contributed by atoms with van der Waals surface area (Å²) in [5.41, 5.74) is 3.32. The maximum atomic E-state index is 12.6. The Balaban J connectivity index is 1.70. The fourth-order valence-electron chi connectivity index (χ4n) is 3.11. The van der Waals surface area contributed by atoms with Gasteiger partial charge in [-0.3, -0.25) is 9.89 Å². The summed E-state index contributed by atoms with van der Waals surface area (Å²) in [5, 5.41) is 20.4. The largest absolute Gasteiger partial charge is 0.478 e. The minimum absolute atomic E-state index is 0.0922. The van der Waals surface area contributed by atoms with E-state index in [2.05, 4.69) is 15.5 Å². The number of nitrogens with zero attached hydrogens (tertiary/aromatic N) is 2. The summed E-state index contributed by atoms with van der Waals surface area (Å²) >= 11 is 0. The Morgan fingerprint density at radius 3 is 2.69 bits per heavy atom. The van der Waals surface area contributed by atoms with Crippen LogP contribution < -0.4 is 5.32 Å². The van der Waals surface area contributed by atoms with E-state index in [-0.39, 0.29) is 11.5 Å². The number of rotatable bonds is 5. The normalized spacial score (nSPS) is 11.2. The van der Waals surface area contributed by atoms with Crippen LogP contribution in [0.25, 0.3) is 23.1 Å². The number of aromatic nitrogens is 3. The van der Waals surface area contributed by atoms with E-state index in [1.807, 2.05) is 30.3 Å². The number of carbonyl (C=O) groups is 2. The van der Waals surface area contributed by atoms with E-state index in [9.17, 15) is 14.7 Å². The molecular weight excluding hydrogens is 368 g/mol. The quantitative estimate of drug-likeness (QED) is 0.482. The topological polar surface area (TPSA) is 100 Å². The molecule has 0 bridgehead atoms. The van der Waals surface area contributed by atoms with Crippen molar-refractivity contribution >= 4 is 40.6 Å². The first-order valence-corrected chi connectivity index (χ1v) is 8.94. The van der Waals surface area contributed by atoms with Crippen molar-refractivity contribution in [1.29, 1.82) is 0 Å². The highest BCUT2D eigenvalue weighted by Gasteiger charge is 2.13. The van der Waals surface area contributed by atoms with Crippen LogP contribution >= 0.6 is 0 Å². The molecule has 29 heavy (non-hydrogen) atoms. The predicted molar refractivity (Wildman–Crippen MR) is 112 cm³/mol. The van der Waals surface area contributed by atoms with Crippen LogP contribution in [0.4, 0.5) is 5.69 Å². The van der Waals surface area contributed by atoms with E-state index in [0.717, 1.165) is 16.6 Å². The molecule has 2 aromatic heterocycles. The number of hydrogen-bond donors (Lipinski definition) is 3. The lowest BCUT2D eigenvalue weighted by atomic mass is 10.1. The van der Waals surface area contributed by atoms with Gasteiger partial charge in [0.1, 0.15) is 5.69 Å². The zero-order valence-corrected chi connectivity index (χ0v) is 15.6. The van der Waals surface area contributed by atoms with Gasteiger partial charge in [-0.05, 0) is 42.0 Å². The molecule has 7 heteroatoms. The number of aromatic carboxylic acids is 1. The van der Waals surface area contributed by atoms with E-state index in [1.54, 1.807) is 42.1 Å². The Morgan fingerprint density at radius 1 is 1.10 bits per heavy atom. The molecule has 0 unspecified atom stereocenters. The Hall–Kier alpha value is -4.13. The first-order chi connectivity index (χ1) is 14.0. The van der Waals surface area contributed by atoms with Crippen molar-refractivity contribution in [2.45, 2.75) is 0 Å². The Morgan fingerprint density at radius 2 is 1.93 bits per heavy atom. The molecule has 1 amide bonds. The molecule has 4 aromatic rings. The molecule has 0 saturated heterocycles. The van der Waals surface area contributed by atoms with Gasteiger partial charge in [0.05, 0.1) is 16.8 Å². The van der Waals surface area contributed by atoms with Gasteiger partial charge in [0.15, 0.2) is 0 Å². The minimum atomic E-state index is -1.06. The third kappa shape index (κ3) is 3.66. The predicted octanol–water partition coefficient (Wildman–Crippen LogP) is 4.02. The summed E-state index contributed by atoms with van der Waals surface area (Å²) in [5.74, 6) is -1.38. The number of nitrogens with one attached hydrogen (secondary N) is 2. The summed E-state index contributed by atoms with van der Waals surface area (Å²) in [6.45, 7) is 0. The average Bonchev–Trinajstić information content (AvgIpc) is 3.33. The summed E-state index contributed by atoms with van der Waals surface area (Å²) in [7, 11) is 1.77. The fourth-order valence-corrected chi connectivity index (χ4v) is 3.11. The first-order valence-electron chi connectivity index (χ1n) is 8.94. The molecule has 3 N–H and O–H groups in total. The van der Waals surface area contributed by atoms with E-state index in [0.29, 0.717) is 16.9 Å². The van der Waals surface area contributed by atoms with Gasteiger partial charge in [0, 0.05) is 24.3 Å². The lowest BCUT2D eigenvalue weighted by Crippen LogP contribution is -2.16. The van der Waals surface area contributed by atoms with Crippen LogP contribution in [-0.4, -0.2) is 31.7 Å². The van der Waals surface area contributed by atoms with E-state index >= 15 is 0 Å². The summed E-state index contributed by atoms with van der Waals surface area (Å²) in [4.78, 5) is 24.0. The number of aromatic amines is 1. The maximum Gasteiger partial charge on any atom is 0.335 e. The zero-order valence-electron chi connectivity index (χ0n) is 15.6. The van der Waals surface area contributed by atoms with Crippen molar-refractivity contribution in [1.82, 2.24) is 14.8 Å². The highest BCUT2D eigenvalue weighted by Crippen LogP contribution is 2.23. The van der Waals surface area contributed by atoms with Crippen LogP contribution in [0.5, 0.6) is 0 Å². The second kappa shape index (κ2) is 7.47. The monoisotopic (exact) mass is 386 g/mol. The average molecular weight is 386 g/mol. The van der Waals surface area contributed by atoms with Gasteiger partial charge in [-0.15, -0.1) is 0 Å². The molecule has 7 nitrogen and oxygen atoms in total. The number of carbonyl (C=O) groups excluding carboxylic acids is 1. The number of amides is 1. The van der Waals surface area contributed by atoms with Crippen molar-refractivity contribution in [3.63, 3.8) is 0 Å².